The molecule has 0 unspecified atom stereocenters. The minimum atomic E-state index is -0.408. The second-order valence-electron chi connectivity index (χ2n) is 2.76. The normalized spacial score (nSPS) is 11.6. The maximum atomic E-state index is 11.0. The molecule has 1 rings (SSSR count). The first-order valence-corrected chi connectivity index (χ1v) is 4.24. The molecule has 1 heterocycles. The van der Waals surface area contributed by atoms with E-state index >= 15 is 0 Å². The van der Waals surface area contributed by atoms with Crippen LogP contribution in [0.15, 0.2) is 18.5 Å². The molecule has 0 atom stereocenters. The number of hydrogen-bond donors (Lipinski definition) is 2. The summed E-state index contributed by atoms with van der Waals surface area (Å²) in [6.07, 6.45) is 6.93. The molecular formula is C9H13N3O. The number of rotatable bonds is 4. The van der Waals surface area contributed by atoms with Crippen molar-refractivity contribution in [1.82, 2.24) is 10.2 Å². The molecule has 0 fully saturated rings. The SMILES string of the molecule is CCCC=C(C(N)=O)c1cn[nH]c1. The van der Waals surface area contributed by atoms with E-state index in [9.17, 15) is 4.79 Å². The number of unbranched alkanes of at least 4 members (excludes halogenated alkanes) is 1. The molecule has 0 saturated carbocycles. The first-order chi connectivity index (χ1) is 6.25. The van der Waals surface area contributed by atoms with Gasteiger partial charge in [0, 0.05) is 17.3 Å². The lowest BCUT2D eigenvalue weighted by Gasteiger charge is -1.98. The van der Waals surface area contributed by atoms with Crippen LogP contribution in [-0.2, 0) is 4.79 Å². The third kappa shape index (κ3) is 2.43. The number of nitrogens with zero attached hydrogens (tertiary/aromatic N) is 1. The van der Waals surface area contributed by atoms with Gasteiger partial charge in [0.1, 0.15) is 0 Å². The summed E-state index contributed by atoms with van der Waals surface area (Å²) in [5.41, 5.74) is 6.51. The third-order valence-electron chi connectivity index (χ3n) is 1.71. The zero-order valence-corrected chi connectivity index (χ0v) is 7.58. The molecule has 0 aliphatic carbocycles. The molecule has 4 nitrogen and oxygen atoms in total. The fourth-order valence-corrected chi connectivity index (χ4v) is 1.05. The molecule has 0 aliphatic rings. The highest BCUT2D eigenvalue weighted by Gasteiger charge is 2.07. The largest absolute Gasteiger partial charge is 0.366 e. The Morgan fingerprint density at radius 2 is 2.54 bits per heavy atom. The van der Waals surface area contributed by atoms with E-state index in [4.69, 9.17) is 5.73 Å². The Morgan fingerprint density at radius 1 is 1.77 bits per heavy atom. The van der Waals surface area contributed by atoms with E-state index in [-0.39, 0.29) is 0 Å². The van der Waals surface area contributed by atoms with E-state index in [1.165, 1.54) is 0 Å². The van der Waals surface area contributed by atoms with Gasteiger partial charge in [-0.2, -0.15) is 5.10 Å². The minimum Gasteiger partial charge on any atom is -0.366 e. The van der Waals surface area contributed by atoms with Gasteiger partial charge in [-0.15, -0.1) is 0 Å². The van der Waals surface area contributed by atoms with E-state index in [1.54, 1.807) is 12.4 Å². The number of nitrogens with one attached hydrogen (secondary N) is 1. The topological polar surface area (TPSA) is 71.8 Å². The highest BCUT2D eigenvalue weighted by molar-refractivity contribution is 6.18. The number of carbonyl (C=O) groups excluding carboxylic acids is 1. The Kier molecular flexibility index (Phi) is 3.25. The molecule has 0 aromatic carbocycles. The van der Waals surface area contributed by atoms with E-state index in [0.29, 0.717) is 5.57 Å². The van der Waals surface area contributed by atoms with Crippen LogP contribution in [0, 0.1) is 0 Å². The molecule has 0 aliphatic heterocycles. The molecule has 1 aromatic heterocycles. The van der Waals surface area contributed by atoms with Crippen molar-refractivity contribution >= 4 is 11.5 Å². The van der Waals surface area contributed by atoms with Crippen molar-refractivity contribution in [2.75, 3.05) is 0 Å². The van der Waals surface area contributed by atoms with Crippen LogP contribution in [-0.4, -0.2) is 16.1 Å². The van der Waals surface area contributed by atoms with Crippen molar-refractivity contribution in [3.05, 3.63) is 24.0 Å². The standard InChI is InChI=1S/C9H13N3O/c1-2-3-4-8(9(10)13)7-5-11-12-6-7/h4-6H,2-3H2,1H3,(H2,10,13)(H,11,12). The Morgan fingerprint density at radius 3 is 3.00 bits per heavy atom. The van der Waals surface area contributed by atoms with E-state index in [0.717, 1.165) is 18.4 Å². The van der Waals surface area contributed by atoms with Crippen LogP contribution in [0.1, 0.15) is 25.3 Å². The number of aromatic amines is 1. The summed E-state index contributed by atoms with van der Waals surface area (Å²) in [6.45, 7) is 2.05. The lowest BCUT2D eigenvalue weighted by Crippen LogP contribution is -2.12. The summed E-state index contributed by atoms with van der Waals surface area (Å²) >= 11 is 0. The molecule has 0 radical (unpaired) electrons. The van der Waals surface area contributed by atoms with Gasteiger partial charge in [0.2, 0.25) is 5.91 Å². The number of aromatic nitrogens is 2. The summed E-state index contributed by atoms with van der Waals surface area (Å²) in [7, 11) is 0. The molecule has 3 N–H and O–H groups in total. The molecule has 70 valence electrons. The summed E-state index contributed by atoms with van der Waals surface area (Å²) < 4.78 is 0. The Bertz CT molecular complexity index is 301. The highest BCUT2D eigenvalue weighted by Crippen LogP contribution is 2.12. The van der Waals surface area contributed by atoms with E-state index < -0.39 is 5.91 Å². The number of hydrogen-bond acceptors (Lipinski definition) is 2. The van der Waals surface area contributed by atoms with Gasteiger partial charge in [0.05, 0.1) is 6.20 Å². The van der Waals surface area contributed by atoms with Gasteiger partial charge in [0.15, 0.2) is 0 Å². The lowest BCUT2D eigenvalue weighted by atomic mass is 10.1. The van der Waals surface area contributed by atoms with Gasteiger partial charge < -0.3 is 5.73 Å². The maximum absolute atomic E-state index is 11.0. The second-order valence-corrected chi connectivity index (χ2v) is 2.76. The lowest BCUT2D eigenvalue weighted by molar-refractivity contribution is -0.112. The van der Waals surface area contributed by atoms with Crippen molar-refractivity contribution in [3.8, 4) is 0 Å². The third-order valence-corrected chi connectivity index (χ3v) is 1.71. The first kappa shape index (κ1) is 9.51. The Balaban J connectivity index is 2.87. The number of amides is 1. The van der Waals surface area contributed by atoms with Crippen LogP contribution in [0.25, 0.3) is 5.57 Å². The van der Waals surface area contributed by atoms with Crippen molar-refractivity contribution < 1.29 is 4.79 Å². The van der Waals surface area contributed by atoms with Crippen molar-refractivity contribution in [3.63, 3.8) is 0 Å². The summed E-state index contributed by atoms with van der Waals surface area (Å²) in [6, 6.07) is 0. The molecule has 1 aromatic rings. The molecular weight excluding hydrogens is 166 g/mol. The van der Waals surface area contributed by atoms with Gasteiger partial charge in [-0.1, -0.05) is 19.4 Å². The van der Waals surface area contributed by atoms with Crippen LogP contribution in [0.5, 0.6) is 0 Å². The van der Waals surface area contributed by atoms with Gasteiger partial charge in [0.25, 0.3) is 0 Å². The van der Waals surface area contributed by atoms with E-state index in [2.05, 4.69) is 10.2 Å². The van der Waals surface area contributed by atoms with Crippen LogP contribution in [0.3, 0.4) is 0 Å². The van der Waals surface area contributed by atoms with Crippen LogP contribution >= 0.6 is 0 Å². The number of primary amides is 1. The number of H-pyrrole nitrogens is 1. The quantitative estimate of drug-likeness (QED) is 0.679. The average molecular weight is 179 g/mol. The van der Waals surface area contributed by atoms with Gasteiger partial charge in [-0.3, -0.25) is 9.89 Å². The predicted molar refractivity (Wildman–Crippen MR) is 50.7 cm³/mol. The van der Waals surface area contributed by atoms with Crippen molar-refractivity contribution in [1.29, 1.82) is 0 Å². The monoisotopic (exact) mass is 179 g/mol. The average Bonchev–Trinajstić information content (AvgIpc) is 2.57. The highest BCUT2D eigenvalue weighted by atomic mass is 16.1. The zero-order valence-electron chi connectivity index (χ0n) is 7.58. The van der Waals surface area contributed by atoms with Gasteiger partial charge >= 0.3 is 0 Å². The number of nitrogens with two attached hydrogens (primary N) is 1. The summed E-state index contributed by atoms with van der Waals surface area (Å²) in [4.78, 5) is 11.0. The van der Waals surface area contributed by atoms with Gasteiger partial charge in [-0.25, -0.2) is 0 Å². The molecule has 0 saturated heterocycles. The van der Waals surface area contributed by atoms with Crippen LogP contribution < -0.4 is 5.73 Å². The predicted octanol–water partition coefficient (Wildman–Crippen LogP) is 1.08. The first-order valence-electron chi connectivity index (χ1n) is 4.24. The zero-order chi connectivity index (χ0) is 9.68. The van der Waals surface area contributed by atoms with Crippen LogP contribution in [0.2, 0.25) is 0 Å². The van der Waals surface area contributed by atoms with Gasteiger partial charge in [-0.05, 0) is 6.42 Å². The second kappa shape index (κ2) is 4.45. The number of carbonyl (C=O) groups is 1. The minimum absolute atomic E-state index is 0.408. The summed E-state index contributed by atoms with van der Waals surface area (Å²) in [5, 5.41) is 6.40. The van der Waals surface area contributed by atoms with Crippen LogP contribution in [0.4, 0.5) is 0 Å². The molecule has 0 spiro atoms. The molecule has 13 heavy (non-hydrogen) atoms. The molecule has 4 heteroatoms. The maximum Gasteiger partial charge on any atom is 0.249 e. The van der Waals surface area contributed by atoms with Crippen molar-refractivity contribution in [2.45, 2.75) is 19.8 Å². The summed E-state index contributed by atoms with van der Waals surface area (Å²) in [5.74, 6) is -0.408. The van der Waals surface area contributed by atoms with E-state index in [1.807, 2.05) is 13.0 Å². The fourth-order valence-electron chi connectivity index (χ4n) is 1.05. The molecule has 1 amide bonds. The Hall–Kier alpha value is -1.58. The van der Waals surface area contributed by atoms with Crippen molar-refractivity contribution in [2.24, 2.45) is 5.73 Å². The molecule has 0 bridgehead atoms. The Labute approximate surface area is 76.8 Å². The fraction of sp³-hybridized carbons (Fsp3) is 0.333. The number of allylic oxidation sites excluding steroid dienone is 1. The smallest absolute Gasteiger partial charge is 0.249 e.